The normalized spacial score (nSPS) is 11.1. The predicted octanol–water partition coefficient (Wildman–Crippen LogP) is 3.18. The molecule has 0 spiro atoms. The van der Waals surface area contributed by atoms with Gasteiger partial charge in [-0.25, -0.2) is 4.79 Å². The van der Waals surface area contributed by atoms with Crippen molar-refractivity contribution >= 4 is 16.7 Å². The standard InChI is InChI=1S/C14H17NO2/c1-4-10-8-11-6-5-7-12(15-9(2)3)13(11)17-14(10)16/h5-9,15H,4H2,1-3H3. The predicted molar refractivity (Wildman–Crippen MR) is 70.6 cm³/mol. The Kier molecular flexibility index (Phi) is 3.18. The third-order valence-corrected chi connectivity index (χ3v) is 2.66. The van der Waals surface area contributed by atoms with E-state index in [9.17, 15) is 4.79 Å². The Balaban J connectivity index is 2.64. The average Bonchev–Trinajstić information content (AvgIpc) is 2.28. The van der Waals surface area contributed by atoms with E-state index in [1.165, 1.54) is 0 Å². The van der Waals surface area contributed by atoms with E-state index in [1.807, 2.05) is 31.2 Å². The minimum atomic E-state index is -0.238. The highest BCUT2D eigenvalue weighted by atomic mass is 16.4. The Morgan fingerprint density at radius 3 is 2.76 bits per heavy atom. The number of aryl methyl sites for hydroxylation is 1. The zero-order valence-electron chi connectivity index (χ0n) is 10.4. The third kappa shape index (κ3) is 2.33. The Morgan fingerprint density at radius 1 is 1.35 bits per heavy atom. The first-order valence-electron chi connectivity index (χ1n) is 5.94. The maximum absolute atomic E-state index is 11.7. The number of anilines is 1. The van der Waals surface area contributed by atoms with Crippen LogP contribution in [0.1, 0.15) is 26.3 Å². The molecule has 0 saturated carbocycles. The number of nitrogens with one attached hydrogen (secondary N) is 1. The summed E-state index contributed by atoms with van der Waals surface area (Å²) in [5.74, 6) is 0. The van der Waals surface area contributed by atoms with Crippen LogP contribution in [0.5, 0.6) is 0 Å². The molecule has 17 heavy (non-hydrogen) atoms. The van der Waals surface area contributed by atoms with Crippen LogP contribution >= 0.6 is 0 Å². The molecule has 1 N–H and O–H groups in total. The van der Waals surface area contributed by atoms with Crippen molar-refractivity contribution in [3.8, 4) is 0 Å². The van der Waals surface area contributed by atoms with Crippen LogP contribution in [0.15, 0.2) is 33.5 Å². The molecule has 2 rings (SSSR count). The number of benzene rings is 1. The van der Waals surface area contributed by atoms with Crippen LogP contribution in [0.4, 0.5) is 5.69 Å². The monoisotopic (exact) mass is 231 g/mol. The number of hydrogen-bond acceptors (Lipinski definition) is 3. The summed E-state index contributed by atoms with van der Waals surface area (Å²) < 4.78 is 5.40. The van der Waals surface area contributed by atoms with Gasteiger partial charge in [-0.1, -0.05) is 19.1 Å². The van der Waals surface area contributed by atoms with Gasteiger partial charge < -0.3 is 9.73 Å². The van der Waals surface area contributed by atoms with Crippen molar-refractivity contribution < 1.29 is 4.42 Å². The van der Waals surface area contributed by atoms with E-state index in [4.69, 9.17) is 4.42 Å². The smallest absolute Gasteiger partial charge is 0.339 e. The molecule has 0 amide bonds. The minimum Gasteiger partial charge on any atom is -0.420 e. The molecule has 0 radical (unpaired) electrons. The van der Waals surface area contributed by atoms with Gasteiger partial charge in [-0.3, -0.25) is 0 Å². The lowest BCUT2D eigenvalue weighted by atomic mass is 10.1. The number of hydrogen-bond donors (Lipinski definition) is 1. The highest BCUT2D eigenvalue weighted by Gasteiger charge is 2.08. The quantitative estimate of drug-likeness (QED) is 0.825. The number of para-hydroxylation sites is 1. The van der Waals surface area contributed by atoms with Gasteiger partial charge in [0.2, 0.25) is 0 Å². The van der Waals surface area contributed by atoms with Gasteiger partial charge in [0.25, 0.3) is 0 Å². The van der Waals surface area contributed by atoms with E-state index in [2.05, 4.69) is 19.2 Å². The van der Waals surface area contributed by atoms with Gasteiger partial charge >= 0.3 is 5.63 Å². The van der Waals surface area contributed by atoms with E-state index in [-0.39, 0.29) is 5.63 Å². The van der Waals surface area contributed by atoms with E-state index in [1.54, 1.807) is 0 Å². The van der Waals surface area contributed by atoms with E-state index in [0.717, 1.165) is 16.6 Å². The van der Waals surface area contributed by atoms with Gasteiger partial charge in [0.05, 0.1) is 5.69 Å². The van der Waals surface area contributed by atoms with Crippen molar-refractivity contribution in [2.24, 2.45) is 0 Å². The maximum Gasteiger partial charge on any atom is 0.339 e. The summed E-state index contributed by atoms with van der Waals surface area (Å²) in [6, 6.07) is 8.07. The second kappa shape index (κ2) is 4.62. The first kappa shape index (κ1) is 11.7. The van der Waals surface area contributed by atoms with Crippen molar-refractivity contribution in [2.75, 3.05) is 5.32 Å². The molecule has 90 valence electrons. The van der Waals surface area contributed by atoms with Crippen molar-refractivity contribution in [1.82, 2.24) is 0 Å². The Morgan fingerprint density at radius 2 is 2.12 bits per heavy atom. The molecule has 1 aromatic carbocycles. The molecule has 0 aliphatic heterocycles. The lowest BCUT2D eigenvalue weighted by Crippen LogP contribution is -2.11. The largest absolute Gasteiger partial charge is 0.420 e. The summed E-state index contributed by atoms with van der Waals surface area (Å²) in [5.41, 5.74) is 2.00. The van der Waals surface area contributed by atoms with Gasteiger partial charge in [-0.2, -0.15) is 0 Å². The zero-order valence-corrected chi connectivity index (χ0v) is 10.4. The summed E-state index contributed by atoms with van der Waals surface area (Å²) in [6.07, 6.45) is 0.695. The first-order chi connectivity index (χ1) is 8.11. The molecule has 0 bridgehead atoms. The molecular formula is C14H17NO2. The van der Waals surface area contributed by atoms with E-state index >= 15 is 0 Å². The number of rotatable bonds is 3. The second-order valence-electron chi connectivity index (χ2n) is 4.44. The highest BCUT2D eigenvalue weighted by Crippen LogP contribution is 2.23. The van der Waals surface area contributed by atoms with Crippen molar-refractivity contribution in [3.63, 3.8) is 0 Å². The molecule has 0 unspecified atom stereocenters. The molecule has 0 fully saturated rings. The van der Waals surface area contributed by atoms with Gasteiger partial charge in [0, 0.05) is 17.0 Å². The molecule has 1 heterocycles. The van der Waals surface area contributed by atoms with Crippen LogP contribution in [0.25, 0.3) is 11.0 Å². The van der Waals surface area contributed by atoms with Crippen LogP contribution in [-0.4, -0.2) is 6.04 Å². The maximum atomic E-state index is 11.7. The SMILES string of the molecule is CCc1cc2cccc(NC(C)C)c2oc1=O. The van der Waals surface area contributed by atoms with Crippen LogP contribution in [0.2, 0.25) is 0 Å². The molecule has 0 aliphatic carbocycles. The Labute approximate surface area is 100 Å². The van der Waals surface area contributed by atoms with Crippen LogP contribution in [0, 0.1) is 0 Å². The molecule has 0 atom stereocenters. The van der Waals surface area contributed by atoms with Crippen LogP contribution in [-0.2, 0) is 6.42 Å². The molecule has 1 aromatic heterocycles. The molecule has 3 heteroatoms. The van der Waals surface area contributed by atoms with E-state index in [0.29, 0.717) is 18.0 Å². The fraction of sp³-hybridized carbons (Fsp3) is 0.357. The van der Waals surface area contributed by atoms with Gasteiger partial charge in [-0.05, 0) is 32.4 Å². The fourth-order valence-corrected chi connectivity index (χ4v) is 1.86. The Hall–Kier alpha value is -1.77. The lowest BCUT2D eigenvalue weighted by Gasteiger charge is -2.11. The summed E-state index contributed by atoms with van der Waals surface area (Å²) >= 11 is 0. The summed E-state index contributed by atoms with van der Waals surface area (Å²) in [4.78, 5) is 11.7. The van der Waals surface area contributed by atoms with Crippen molar-refractivity contribution in [3.05, 3.63) is 40.2 Å². The first-order valence-corrected chi connectivity index (χ1v) is 5.94. The van der Waals surface area contributed by atoms with Crippen molar-refractivity contribution in [1.29, 1.82) is 0 Å². The van der Waals surface area contributed by atoms with Crippen LogP contribution < -0.4 is 10.9 Å². The van der Waals surface area contributed by atoms with E-state index < -0.39 is 0 Å². The van der Waals surface area contributed by atoms with Crippen LogP contribution in [0.3, 0.4) is 0 Å². The lowest BCUT2D eigenvalue weighted by molar-refractivity contribution is 0.552. The Bertz CT molecular complexity index is 584. The molecule has 0 saturated heterocycles. The van der Waals surface area contributed by atoms with Gasteiger partial charge in [0.15, 0.2) is 5.58 Å². The summed E-state index contributed by atoms with van der Waals surface area (Å²) in [5, 5.41) is 4.24. The molecule has 0 aliphatic rings. The zero-order chi connectivity index (χ0) is 12.4. The third-order valence-electron chi connectivity index (χ3n) is 2.66. The highest BCUT2D eigenvalue weighted by molar-refractivity contribution is 5.88. The molecule has 2 aromatic rings. The topological polar surface area (TPSA) is 42.2 Å². The average molecular weight is 231 g/mol. The van der Waals surface area contributed by atoms with Crippen molar-refractivity contribution in [2.45, 2.75) is 33.2 Å². The minimum absolute atomic E-state index is 0.238. The molecular weight excluding hydrogens is 214 g/mol. The molecule has 3 nitrogen and oxygen atoms in total. The number of fused-ring (bicyclic) bond motifs is 1. The second-order valence-corrected chi connectivity index (χ2v) is 4.44. The van der Waals surface area contributed by atoms with Gasteiger partial charge in [-0.15, -0.1) is 0 Å². The fourth-order valence-electron chi connectivity index (χ4n) is 1.86. The summed E-state index contributed by atoms with van der Waals surface area (Å²) in [7, 11) is 0. The van der Waals surface area contributed by atoms with Gasteiger partial charge in [0.1, 0.15) is 0 Å². The summed E-state index contributed by atoms with van der Waals surface area (Å²) in [6.45, 7) is 6.06.